The van der Waals surface area contributed by atoms with Crippen LogP contribution in [0.4, 0.5) is 0 Å². The molecule has 2 heterocycles. The SMILES string of the molecule is CN(C)C(=O)c1cccc(CN2CCC([C@H]3OCC[C@@H]3C(N)=O)CC2)c1. The molecular formula is C20H29N3O3. The van der Waals surface area contributed by atoms with E-state index in [9.17, 15) is 9.59 Å². The molecule has 2 aliphatic heterocycles. The summed E-state index contributed by atoms with van der Waals surface area (Å²) in [5.74, 6) is 0.0897. The average Bonchev–Trinajstić information content (AvgIpc) is 3.12. The summed E-state index contributed by atoms with van der Waals surface area (Å²) in [6.07, 6.45) is 2.79. The maximum Gasteiger partial charge on any atom is 0.253 e. The largest absolute Gasteiger partial charge is 0.377 e. The van der Waals surface area contributed by atoms with Gasteiger partial charge in [-0.1, -0.05) is 12.1 Å². The number of nitrogens with zero attached hydrogens (tertiary/aromatic N) is 2. The Kier molecular flexibility index (Phi) is 5.94. The third-order valence-corrected chi connectivity index (χ3v) is 5.58. The van der Waals surface area contributed by atoms with Crippen molar-refractivity contribution >= 4 is 11.8 Å². The van der Waals surface area contributed by atoms with Gasteiger partial charge in [-0.25, -0.2) is 0 Å². The Bertz CT molecular complexity index is 653. The molecule has 0 bridgehead atoms. The van der Waals surface area contributed by atoms with E-state index in [0.717, 1.165) is 50.0 Å². The Morgan fingerprint density at radius 2 is 1.96 bits per heavy atom. The Morgan fingerprint density at radius 1 is 1.23 bits per heavy atom. The molecule has 2 N–H and O–H groups in total. The maximum absolute atomic E-state index is 12.1. The fraction of sp³-hybridized carbons (Fsp3) is 0.600. The smallest absolute Gasteiger partial charge is 0.253 e. The first-order chi connectivity index (χ1) is 12.5. The standard InChI is InChI=1S/C20H29N3O3/c1-22(2)20(25)16-5-3-4-14(12-16)13-23-9-6-15(7-10-23)18-17(19(21)24)8-11-26-18/h3-5,12,15,17-18H,6-11,13H2,1-2H3,(H2,21,24)/t17-,18+/m0/s1. The maximum atomic E-state index is 12.1. The van der Waals surface area contributed by atoms with E-state index in [4.69, 9.17) is 10.5 Å². The molecule has 3 rings (SSSR count). The second kappa shape index (κ2) is 8.18. The molecule has 0 aliphatic carbocycles. The quantitative estimate of drug-likeness (QED) is 0.864. The molecule has 0 saturated carbocycles. The number of amides is 2. The summed E-state index contributed by atoms with van der Waals surface area (Å²) in [6, 6.07) is 7.86. The van der Waals surface area contributed by atoms with Gasteiger partial charge in [-0.15, -0.1) is 0 Å². The van der Waals surface area contributed by atoms with Crippen LogP contribution in [-0.2, 0) is 16.1 Å². The van der Waals surface area contributed by atoms with E-state index in [1.54, 1.807) is 19.0 Å². The lowest BCUT2D eigenvalue weighted by molar-refractivity contribution is -0.124. The molecule has 2 aliphatic rings. The summed E-state index contributed by atoms with van der Waals surface area (Å²) in [7, 11) is 3.54. The second-order valence-electron chi connectivity index (χ2n) is 7.65. The van der Waals surface area contributed by atoms with Crippen LogP contribution >= 0.6 is 0 Å². The van der Waals surface area contributed by atoms with Crippen LogP contribution in [0.1, 0.15) is 35.2 Å². The number of benzene rings is 1. The van der Waals surface area contributed by atoms with Crippen molar-refractivity contribution in [1.29, 1.82) is 0 Å². The Labute approximate surface area is 155 Å². The highest BCUT2D eigenvalue weighted by Gasteiger charge is 2.39. The van der Waals surface area contributed by atoms with Crippen LogP contribution in [0.15, 0.2) is 24.3 Å². The zero-order valence-corrected chi connectivity index (χ0v) is 15.7. The lowest BCUT2D eigenvalue weighted by atomic mass is 9.84. The van der Waals surface area contributed by atoms with Crippen LogP contribution in [0.25, 0.3) is 0 Å². The molecule has 1 aromatic rings. The molecule has 142 valence electrons. The van der Waals surface area contributed by atoms with Crippen molar-refractivity contribution in [3.8, 4) is 0 Å². The van der Waals surface area contributed by atoms with E-state index < -0.39 is 0 Å². The van der Waals surface area contributed by atoms with Gasteiger partial charge in [0.15, 0.2) is 0 Å². The van der Waals surface area contributed by atoms with Crippen molar-refractivity contribution in [2.75, 3.05) is 33.8 Å². The molecular weight excluding hydrogens is 330 g/mol. The van der Waals surface area contributed by atoms with Gasteiger partial charge in [0, 0.05) is 32.8 Å². The minimum absolute atomic E-state index is 0.00399. The van der Waals surface area contributed by atoms with E-state index in [-0.39, 0.29) is 23.8 Å². The summed E-state index contributed by atoms with van der Waals surface area (Å²) in [5, 5.41) is 0. The molecule has 0 radical (unpaired) electrons. The highest BCUT2D eigenvalue weighted by atomic mass is 16.5. The third kappa shape index (κ3) is 4.24. The number of piperidine rings is 1. The van der Waals surface area contributed by atoms with Gasteiger partial charge in [-0.3, -0.25) is 14.5 Å². The van der Waals surface area contributed by atoms with Crippen LogP contribution in [0.3, 0.4) is 0 Å². The number of rotatable bonds is 5. The summed E-state index contributed by atoms with van der Waals surface area (Å²) in [4.78, 5) is 27.7. The lowest BCUT2D eigenvalue weighted by Gasteiger charge is -2.35. The first kappa shape index (κ1) is 18.9. The first-order valence-corrected chi connectivity index (χ1v) is 9.39. The number of ether oxygens (including phenoxy) is 1. The zero-order valence-electron chi connectivity index (χ0n) is 15.7. The third-order valence-electron chi connectivity index (χ3n) is 5.58. The summed E-state index contributed by atoms with van der Waals surface area (Å²) >= 11 is 0. The number of primary amides is 1. The molecule has 6 nitrogen and oxygen atoms in total. The van der Waals surface area contributed by atoms with Gasteiger partial charge in [-0.2, -0.15) is 0 Å². The summed E-state index contributed by atoms with van der Waals surface area (Å²) < 4.78 is 5.82. The molecule has 2 saturated heterocycles. The van der Waals surface area contributed by atoms with Gasteiger partial charge >= 0.3 is 0 Å². The van der Waals surface area contributed by atoms with Gasteiger partial charge < -0.3 is 15.4 Å². The molecule has 0 aromatic heterocycles. The minimum Gasteiger partial charge on any atom is -0.377 e. The molecule has 26 heavy (non-hydrogen) atoms. The molecule has 6 heteroatoms. The summed E-state index contributed by atoms with van der Waals surface area (Å²) in [5.41, 5.74) is 7.41. The molecule has 2 atom stereocenters. The molecule has 1 aromatic carbocycles. The van der Waals surface area contributed by atoms with E-state index in [0.29, 0.717) is 12.5 Å². The van der Waals surface area contributed by atoms with Crippen molar-refractivity contribution in [1.82, 2.24) is 9.80 Å². The van der Waals surface area contributed by atoms with Crippen molar-refractivity contribution < 1.29 is 14.3 Å². The fourth-order valence-corrected chi connectivity index (χ4v) is 4.14. The van der Waals surface area contributed by atoms with E-state index in [1.807, 2.05) is 18.2 Å². The minimum atomic E-state index is -0.225. The number of carbonyl (C=O) groups excluding carboxylic acids is 2. The molecule has 2 amide bonds. The van der Waals surface area contributed by atoms with Crippen LogP contribution < -0.4 is 5.73 Å². The zero-order chi connectivity index (χ0) is 18.7. The van der Waals surface area contributed by atoms with Gasteiger partial charge in [0.2, 0.25) is 5.91 Å². The van der Waals surface area contributed by atoms with E-state index in [2.05, 4.69) is 11.0 Å². The highest BCUT2D eigenvalue weighted by Crippen LogP contribution is 2.33. The van der Waals surface area contributed by atoms with Crippen LogP contribution in [0.2, 0.25) is 0 Å². The fourth-order valence-electron chi connectivity index (χ4n) is 4.14. The number of nitrogens with two attached hydrogens (primary N) is 1. The van der Waals surface area contributed by atoms with Crippen molar-refractivity contribution in [3.05, 3.63) is 35.4 Å². The topological polar surface area (TPSA) is 75.9 Å². The van der Waals surface area contributed by atoms with Crippen molar-refractivity contribution in [2.45, 2.75) is 31.9 Å². The Hall–Kier alpha value is -1.92. The average molecular weight is 359 g/mol. The van der Waals surface area contributed by atoms with Gasteiger partial charge in [0.05, 0.1) is 12.0 Å². The number of hydrogen-bond donors (Lipinski definition) is 1. The Morgan fingerprint density at radius 3 is 2.62 bits per heavy atom. The molecule has 2 fully saturated rings. The predicted molar refractivity (Wildman–Crippen MR) is 99.5 cm³/mol. The number of hydrogen-bond acceptors (Lipinski definition) is 4. The van der Waals surface area contributed by atoms with Crippen LogP contribution in [0, 0.1) is 11.8 Å². The lowest BCUT2D eigenvalue weighted by Crippen LogP contribution is -2.41. The van der Waals surface area contributed by atoms with Gasteiger partial charge in [0.25, 0.3) is 5.91 Å². The normalized spacial score (nSPS) is 24.5. The first-order valence-electron chi connectivity index (χ1n) is 9.39. The highest BCUT2D eigenvalue weighted by molar-refractivity contribution is 5.94. The van der Waals surface area contributed by atoms with Gasteiger partial charge in [-0.05, 0) is 56.0 Å². The van der Waals surface area contributed by atoms with E-state index >= 15 is 0 Å². The Balaban J connectivity index is 1.55. The molecule has 0 unspecified atom stereocenters. The van der Waals surface area contributed by atoms with Gasteiger partial charge in [0.1, 0.15) is 0 Å². The predicted octanol–water partition coefficient (Wildman–Crippen LogP) is 1.49. The molecule has 0 spiro atoms. The number of carbonyl (C=O) groups is 2. The van der Waals surface area contributed by atoms with Crippen LogP contribution in [0.5, 0.6) is 0 Å². The van der Waals surface area contributed by atoms with Crippen molar-refractivity contribution in [2.24, 2.45) is 17.6 Å². The second-order valence-corrected chi connectivity index (χ2v) is 7.65. The number of likely N-dealkylation sites (tertiary alicyclic amines) is 1. The summed E-state index contributed by atoms with van der Waals surface area (Å²) in [6.45, 7) is 3.43. The van der Waals surface area contributed by atoms with Crippen LogP contribution in [-0.4, -0.2) is 61.5 Å². The van der Waals surface area contributed by atoms with E-state index in [1.165, 1.54) is 0 Å². The monoisotopic (exact) mass is 359 g/mol. The van der Waals surface area contributed by atoms with Crippen molar-refractivity contribution in [3.63, 3.8) is 0 Å².